The first-order chi connectivity index (χ1) is 2.00. The average molecular weight is 87.0 g/mol. The van der Waals surface area contributed by atoms with E-state index >= 15 is 0 Å². The van der Waals surface area contributed by atoms with E-state index in [9.17, 15) is 0 Å². The zero-order valence-corrected chi connectivity index (χ0v) is 6.58. The van der Waals surface area contributed by atoms with Gasteiger partial charge in [-0.05, 0) is 5.74 Å². The summed E-state index contributed by atoms with van der Waals surface area (Å²) >= 11 is 0. The van der Waals surface area contributed by atoms with Crippen LogP contribution in [-0.4, -0.2) is 15.9 Å². The van der Waals surface area contributed by atoms with Crippen LogP contribution in [0.25, 0.3) is 0 Å². The summed E-state index contributed by atoms with van der Waals surface area (Å²) in [7, 11) is 1.37. The van der Waals surface area contributed by atoms with Crippen LogP contribution in [0.5, 0.6) is 0 Å². The number of rotatable bonds is 0. The first-order valence-corrected chi connectivity index (χ1v) is 3.46. The molecule has 0 fully saturated rings. The highest BCUT2D eigenvalue weighted by Gasteiger charge is 1.91. The quantitative estimate of drug-likeness (QED) is 0.370. The first kappa shape index (κ1) is 5.28. The van der Waals surface area contributed by atoms with E-state index < -0.39 is 0 Å². The van der Waals surface area contributed by atoms with Crippen molar-refractivity contribution in [3.05, 3.63) is 0 Å². The number of hydrogen-bond donors (Lipinski definition) is 0. The van der Waals surface area contributed by atoms with Crippen molar-refractivity contribution in [2.75, 3.05) is 0 Å². The minimum Gasteiger partial charge on any atom is -0.193 e. The van der Waals surface area contributed by atoms with Gasteiger partial charge in [-0.25, -0.2) is 0 Å². The molecular formula is C3H12BSi-. The molecule has 0 radical (unpaired) electrons. The van der Waals surface area contributed by atoms with Gasteiger partial charge in [-0.15, -0.1) is 10.1 Å². The van der Waals surface area contributed by atoms with Gasteiger partial charge in [-0.3, -0.25) is 0 Å². The minimum absolute atomic E-state index is 0.139. The van der Waals surface area contributed by atoms with Crippen LogP contribution in [0, 0.1) is 0 Å². The van der Waals surface area contributed by atoms with E-state index in [1.165, 1.54) is 10.1 Å². The summed E-state index contributed by atoms with van der Waals surface area (Å²) in [6.07, 6.45) is 0. The highest BCUT2D eigenvalue weighted by molar-refractivity contribution is 7.15. The zero-order valence-electron chi connectivity index (χ0n) is 4.58. The SMILES string of the molecule is C[B-](C)(C)[SiH3]. The Labute approximate surface area is 37.2 Å². The third-order valence-corrected chi connectivity index (χ3v) is 0. The predicted molar refractivity (Wildman–Crippen MR) is 33.3 cm³/mol. The summed E-state index contributed by atoms with van der Waals surface area (Å²) < 4.78 is 0. The van der Waals surface area contributed by atoms with Gasteiger partial charge >= 0.3 is 0 Å². The Morgan fingerprint density at radius 3 is 1.20 bits per heavy atom. The molecule has 0 bridgehead atoms. The largest absolute Gasteiger partial charge is 0.193 e. The molecule has 0 atom stereocenters. The molecule has 0 spiro atoms. The molecule has 5 heavy (non-hydrogen) atoms. The van der Waals surface area contributed by atoms with Crippen LogP contribution in [0.3, 0.4) is 0 Å². The molecule has 0 unspecified atom stereocenters. The molecule has 2 heteroatoms. The lowest BCUT2D eigenvalue weighted by Crippen LogP contribution is -2.18. The monoisotopic (exact) mass is 87.1 g/mol. The molecule has 0 saturated carbocycles. The first-order valence-electron chi connectivity index (χ1n) is 2.31. The third-order valence-electron chi connectivity index (χ3n) is 0. The molecule has 0 aliphatic carbocycles. The maximum atomic E-state index is 2.31. The lowest BCUT2D eigenvalue weighted by atomic mass is 9.54. The van der Waals surface area contributed by atoms with Crippen LogP contribution in [0.4, 0.5) is 0 Å². The molecular weight excluding hydrogens is 74.9 g/mol. The van der Waals surface area contributed by atoms with E-state index in [0.29, 0.717) is 0 Å². The lowest BCUT2D eigenvalue weighted by molar-refractivity contribution is 1.87. The van der Waals surface area contributed by atoms with Crippen molar-refractivity contribution < 1.29 is 0 Å². The molecule has 0 aromatic heterocycles. The van der Waals surface area contributed by atoms with E-state index in [0.717, 1.165) is 0 Å². The summed E-state index contributed by atoms with van der Waals surface area (Å²) in [5.74, 6) is 0. The highest BCUT2D eigenvalue weighted by atomic mass is 28.1. The van der Waals surface area contributed by atoms with Gasteiger partial charge < -0.3 is 0 Å². The van der Waals surface area contributed by atoms with Crippen molar-refractivity contribution in [1.29, 1.82) is 0 Å². The van der Waals surface area contributed by atoms with Crippen LogP contribution in [0.15, 0.2) is 0 Å². The second kappa shape index (κ2) is 1.17. The second-order valence-electron chi connectivity index (χ2n) is 3.46. The standard InChI is InChI=1S/C3H12BSi/c1-4(2,3)5/h1-3,5H3/q-1. The van der Waals surface area contributed by atoms with Crippen molar-refractivity contribution in [3.63, 3.8) is 0 Å². The van der Waals surface area contributed by atoms with E-state index in [1.807, 2.05) is 0 Å². The van der Waals surface area contributed by atoms with Crippen LogP contribution >= 0.6 is 0 Å². The molecule has 0 aliphatic heterocycles. The van der Waals surface area contributed by atoms with Gasteiger partial charge in [0.1, 0.15) is 0 Å². The fourth-order valence-corrected chi connectivity index (χ4v) is 0. The van der Waals surface area contributed by atoms with Crippen molar-refractivity contribution in [2.24, 2.45) is 0 Å². The van der Waals surface area contributed by atoms with Crippen LogP contribution in [0.1, 0.15) is 0 Å². The molecule has 0 saturated heterocycles. The molecule has 0 N–H and O–H groups in total. The molecule has 0 aliphatic rings. The molecule has 0 nitrogen and oxygen atoms in total. The van der Waals surface area contributed by atoms with Crippen LogP contribution < -0.4 is 0 Å². The average Bonchev–Trinajstić information content (AvgIpc) is 0.722. The maximum absolute atomic E-state index is 2.31. The Balaban J connectivity index is 3.02. The topological polar surface area (TPSA) is 0 Å². The van der Waals surface area contributed by atoms with Gasteiger partial charge in [0.25, 0.3) is 0 Å². The zero-order chi connectivity index (χ0) is 4.50. The summed E-state index contributed by atoms with van der Waals surface area (Å²) in [5.41, 5.74) is 0.139. The number of hydrogen-bond acceptors (Lipinski definition) is 0. The molecule has 0 aromatic rings. The van der Waals surface area contributed by atoms with Gasteiger partial charge in [0.15, 0.2) is 0 Å². The van der Waals surface area contributed by atoms with E-state index in [-0.39, 0.29) is 5.74 Å². The summed E-state index contributed by atoms with van der Waals surface area (Å²) in [5, 5.41) is 0. The fourth-order valence-electron chi connectivity index (χ4n) is 0. The van der Waals surface area contributed by atoms with Gasteiger partial charge in [-0.2, -0.15) is 20.5 Å². The van der Waals surface area contributed by atoms with E-state index in [2.05, 4.69) is 20.5 Å². The Bertz CT molecular complexity index is 22.4. The molecule has 0 amide bonds. The van der Waals surface area contributed by atoms with E-state index in [1.54, 1.807) is 0 Å². The van der Waals surface area contributed by atoms with Crippen LogP contribution in [-0.2, 0) is 0 Å². The smallest absolute Gasteiger partial charge is 0.0151 e. The van der Waals surface area contributed by atoms with Gasteiger partial charge in [0.2, 0.25) is 0 Å². The van der Waals surface area contributed by atoms with Gasteiger partial charge in [-0.1, -0.05) is 0 Å². The summed E-state index contributed by atoms with van der Waals surface area (Å²) in [6.45, 7) is 6.94. The maximum Gasteiger partial charge on any atom is -0.0151 e. The summed E-state index contributed by atoms with van der Waals surface area (Å²) in [6, 6.07) is 0. The van der Waals surface area contributed by atoms with Crippen molar-refractivity contribution >= 4 is 15.9 Å². The summed E-state index contributed by atoms with van der Waals surface area (Å²) in [4.78, 5) is 0. The Morgan fingerprint density at radius 2 is 1.20 bits per heavy atom. The third kappa shape index (κ3) is 281. The molecule has 0 rings (SSSR count). The predicted octanol–water partition coefficient (Wildman–Crippen LogP) is 0.187. The molecule has 32 valence electrons. The fraction of sp³-hybridized carbons (Fsp3) is 1.00. The van der Waals surface area contributed by atoms with Gasteiger partial charge in [0, 0.05) is 0 Å². The van der Waals surface area contributed by atoms with Crippen molar-refractivity contribution in [3.8, 4) is 0 Å². The van der Waals surface area contributed by atoms with Crippen LogP contribution in [0.2, 0.25) is 20.5 Å². The molecule has 0 aromatic carbocycles. The Hall–Kier alpha value is 0.282. The van der Waals surface area contributed by atoms with Crippen molar-refractivity contribution in [2.45, 2.75) is 20.5 Å². The van der Waals surface area contributed by atoms with E-state index in [4.69, 9.17) is 0 Å². The van der Waals surface area contributed by atoms with Gasteiger partial charge in [0.05, 0.1) is 0 Å². The highest BCUT2D eigenvalue weighted by Crippen LogP contribution is 1.87. The Morgan fingerprint density at radius 1 is 1.20 bits per heavy atom. The van der Waals surface area contributed by atoms with Crippen molar-refractivity contribution in [1.82, 2.24) is 0 Å². The minimum atomic E-state index is 0.139. The second-order valence-corrected chi connectivity index (χ2v) is 6.93. The molecule has 0 heterocycles. The Kier molecular flexibility index (Phi) is 1.23. The lowest BCUT2D eigenvalue weighted by Gasteiger charge is -2.10. The normalized spacial score (nSPS) is 12.6.